The van der Waals surface area contributed by atoms with Crippen molar-refractivity contribution in [2.24, 2.45) is 0 Å². The molecule has 15 heavy (non-hydrogen) atoms. The van der Waals surface area contributed by atoms with Crippen LogP contribution in [0, 0.1) is 6.92 Å². The number of nitrogens with zero attached hydrogens (tertiary/aromatic N) is 1. The molecule has 1 saturated carbocycles. The SMILES string of the molecule is Cc1csc(NC(=O)C2(O)CCCC2)n1. The molecule has 1 aliphatic carbocycles. The molecule has 82 valence electrons. The van der Waals surface area contributed by atoms with Gasteiger partial charge in [0.25, 0.3) is 5.91 Å². The van der Waals surface area contributed by atoms with E-state index in [0.717, 1.165) is 18.5 Å². The van der Waals surface area contributed by atoms with E-state index in [-0.39, 0.29) is 5.91 Å². The number of anilines is 1. The number of aromatic nitrogens is 1. The molecule has 5 heteroatoms. The van der Waals surface area contributed by atoms with E-state index in [1.807, 2.05) is 12.3 Å². The lowest BCUT2D eigenvalue weighted by atomic mass is 10.0. The minimum absolute atomic E-state index is 0.311. The molecule has 1 fully saturated rings. The number of nitrogens with one attached hydrogen (secondary N) is 1. The molecule has 1 heterocycles. The van der Waals surface area contributed by atoms with Crippen molar-refractivity contribution in [1.82, 2.24) is 4.98 Å². The Morgan fingerprint density at radius 1 is 1.60 bits per heavy atom. The Kier molecular flexibility index (Phi) is 2.75. The molecule has 2 rings (SSSR count). The van der Waals surface area contributed by atoms with Gasteiger partial charge in [-0.05, 0) is 32.6 Å². The fourth-order valence-electron chi connectivity index (χ4n) is 1.81. The number of thiazole rings is 1. The Bertz CT molecular complexity index is 369. The number of aliphatic hydroxyl groups is 1. The molecular formula is C10H14N2O2S. The summed E-state index contributed by atoms with van der Waals surface area (Å²) in [5.74, 6) is -0.311. The summed E-state index contributed by atoms with van der Waals surface area (Å²) in [6, 6.07) is 0. The molecule has 1 aromatic rings. The molecule has 1 aliphatic rings. The molecule has 0 unspecified atom stereocenters. The van der Waals surface area contributed by atoms with Crippen molar-refractivity contribution in [3.05, 3.63) is 11.1 Å². The number of hydrogen-bond donors (Lipinski definition) is 2. The van der Waals surface area contributed by atoms with Gasteiger partial charge < -0.3 is 5.11 Å². The molecule has 0 aromatic carbocycles. The van der Waals surface area contributed by atoms with E-state index in [1.54, 1.807) is 0 Å². The standard InChI is InChI=1S/C10H14N2O2S/c1-7-6-15-9(11-7)12-8(13)10(14)4-2-3-5-10/h6,14H,2-5H2,1H3,(H,11,12,13). The number of amides is 1. The average Bonchev–Trinajstić information content (AvgIpc) is 2.76. The van der Waals surface area contributed by atoms with Crippen LogP contribution in [0.1, 0.15) is 31.4 Å². The van der Waals surface area contributed by atoms with Crippen molar-refractivity contribution in [2.75, 3.05) is 5.32 Å². The molecule has 1 aromatic heterocycles. The van der Waals surface area contributed by atoms with Crippen LogP contribution < -0.4 is 5.32 Å². The quantitative estimate of drug-likeness (QED) is 0.806. The normalized spacial score (nSPS) is 19.1. The molecule has 2 N–H and O–H groups in total. The minimum atomic E-state index is -1.17. The maximum atomic E-state index is 11.8. The Hall–Kier alpha value is -0.940. The van der Waals surface area contributed by atoms with E-state index < -0.39 is 5.60 Å². The second-order valence-electron chi connectivity index (χ2n) is 3.99. The smallest absolute Gasteiger partial charge is 0.258 e. The monoisotopic (exact) mass is 226 g/mol. The van der Waals surface area contributed by atoms with Gasteiger partial charge in [-0.2, -0.15) is 0 Å². The van der Waals surface area contributed by atoms with Gasteiger partial charge in [-0.1, -0.05) is 0 Å². The third-order valence-electron chi connectivity index (χ3n) is 2.69. The highest BCUT2D eigenvalue weighted by Gasteiger charge is 2.39. The first kappa shape index (κ1) is 10.6. The molecule has 0 aliphatic heterocycles. The van der Waals surface area contributed by atoms with Crippen molar-refractivity contribution in [1.29, 1.82) is 0 Å². The van der Waals surface area contributed by atoms with Crippen molar-refractivity contribution >= 4 is 22.4 Å². The molecule has 0 saturated heterocycles. The molecule has 1 amide bonds. The van der Waals surface area contributed by atoms with Crippen molar-refractivity contribution in [3.63, 3.8) is 0 Å². The Morgan fingerprint density at radius 3 is 2.80 bits per heavy atom. The summed E-state index contributed by atoms with van der Waals surface area (Å²) in [5, 5.41) is 15.1. The van der Waals surface area contributed by atoms with Crippen LogP contribution in [0.25, 0.3) is 0 Å². The van der Waals surface area contributed by atoms with Gasteiger partial charge in [-0.15, -0.1) is 11.3 Å². The summed E-state index contributed by atoms with van der Waals surface area (Å²) in [4.78, 5) is 15.9. The number of rotatable bonds is 2. The first-order valence-corrected chi connectivity index (χ1v) is 5.94. The summed E-state index contributed by atoms with van der Waals surface area (Å²) >= 11 is 1.38. The van der Waals surface area contributed by atoms with E-state index in [4.69, 9.17) is 0 Å². The predicted molar refractivity (Wildman–Crippen MR) is 58.9 cm³/mol. The zero-order valence-electron chi connectivity index (χ0n) is 8.62. The molecule has 0 bridgehead atoms. The fourth-order valence-corrected chi connectivity index (χ4v) is 2.50. The van der Waals surface area contributed by atoms with Crippen LogP contribution in [0.4, 0.5) is 5.13 Å². The summed E-state index contributed by atoms with van der Waals surface area (Å²) in [6.07, 6.45) is 2.95. The largest absolute Gasteiger partial charge is 0.380 e. The predicted octanol–water partition coefficient (Wildman–Crippen LogP) is 1.70. The van der Waals surface area contributed by atoms with Gasteiger partial charge in [-0.25, -0.2) is 4.98 Å². The summed E-state index contributed by atoms with van der Waals surface area (Å²) in [6.45, 7) is 1.87. The van der Waals surface area contributed by atoms with E-state index in [1.165, 1.54) is 11.3 Å². The third-order valence-corrected chi connectivity index (χ3v) is 3.57. The topological polar surface area (TPSA) is 62.2 Å². The number of carbonyl (C=O) groups is 1. The van der Waals surface area contributed by atoms with Gasteiger partial charge in [0.2, 0.25) is 0 Å². The van der Waals surface area contributed by atoms with Crippen LogP contribution in [0.15, 0.2) is 5.38 Å². The number of carbonyl (C=O) groups excluding carboxylic acids is 1. The Labute approximate surface area is 92.3 Å². The highest BCUT2D eigenvalue weighted by molar-refractivity contribution is 7.13. The lowest BCUT2D eigenvalue weighted by Crippen LogP contribution is -2.40. The van der Waals surface area contributed by atoms with Gasteiger partial charge in [0, 0.05) is 5.38 Å². The fraction of sp³-hybridized carbons (Fsp3) is 0.600. The first-order chi connectivity index (χ1) is 7.10. The summed E-state index contributed by atoms with van der Waals surface area (Å²) in [5.41, 5.74) is -0.284. The van der Waals surface area contributed by atoms with E-state index in [2.05, 4.69) is 10.3 Å². The van der Waals surface area contributed by atoms with Crippen LogP contribution >= 0.6 is 11.3 Å². The van der Waals surface area contributed by atoms with E-state index in [0.29, 0.717) is 18.0 Å². The zero-order valence-corrected chi connectivity index (χ0v) is 9.43. The Morgan fingerprint density at radius 2 is 2.27 bits per heavy atom. The lowest BCUT2D eigenvalue weighted by molar-refractivity contribution is -0.133. The Balaban J connectivity index is 2.03. The molecular weight excluding hydrogens is 212 g/mol. The van der Waals surface area contributed by atoms with Crippen molar-refractivity contribution in [2.45, 2.75) is 38.2 Å². The molecule has 0 radical (unpaired) electrons. The van der Waals surface area contributed by atoms with Crippen LogP contribution in [0.5, 0.6) is 0 Å². The van der Waals surface area contributed by atoms with Gasteiger partial charge >= 0.3 is 0 Å². The average molecular weight is 226 g/mol. The van der Waals surface area contributed by atoms with Gasteiger partial charge in [0.15, 0.2) is 5.13 Å². The zero-order chi connectivity index (χ0) is 10.9. The third kappa shape index (κ3) is 2.18. The first-order valence-electron chi connectivity index (χ1n) is 5.06. The van der Waals surface area contributed by atoms with Gasteiger partial charge in [0.05, 0.1) is 5.69 Å². The number of aryl methyl sites for hydroxylation is 1. The second kappa shape index (κ2) is 3.90. The highest BCUT2D eigenvalue weighted by Crippen LogP contribution is 2.30. The van der Waals surface area contributed by atoms with Gasteiger partial charge in [0.1, 0.15) is 5.60 Å². The summed E-state index contributed by atoms with van der Waals surface area (Å²) < 4.78 is 0. The van der Waals surface area contributed by atoms with Crippen molar-refractivity contribution in [3.8, 4) is 0 Å². The van der Waals surface area contributed by atoms with Crippen LogP contribution in [-0.4, -0.2) is 21.6 Å². The minimum Gasteiger partial charge on any atom is -0.380 e. The maximum absolute atomic E-state index is 11.8. The lowest BCUT2D eigenvalue weighted by Gasteiger charge is -2.19. The van der Waals surface area contributed by atoms with Crippen molar-refractivity contribution < 1.29 is 9.90 Å². The maximum Gasteiger partial charge on any atom is 0.258 e. The molecule has 0 spiro atoms. The molecule has 0 atom stereocenters. The summed E-state index contributed by atoms with van der Waals surface area (Å²) in [7, 11) is 0. The second-order valence-corrected chi connectivity index (χ2v) is 4.84. The van der Waals surface area contributed by atoms with Crippen LogP contribution in [0.2, 0.25) is 0 Å². The highest BCUT2D eigenvalue weighted by atomic mass is 32.1. The van der Waals surface area contributed by atoms with Gasteiger partial charge in [-0.3, -0.25) is 10.1 Å². The van der Waals surface area contributed by atoms with E-state index >= 15 is 0 Å². The van der Waals surface area contributed by atoms with Crippen LogP contribution in [0.3, 0.4) is 0 Å². The van der Waals surface area contributed by atoms with E-state index in [9.17, 15) is 9.90 Å². The van der Waals surface area contributed by atoms with Crippen LogP contribution in [-0.2, 0) is 4.79 Å². The molecule has 4 nitrogen and oxygen atoms in total. The number of hydrogen-bond acceptors (Lipinski definition) is 4.